The minimum atomic E-state index is -0.748. The van der Waals surface area contributed by atoms with E-state index in [-0.39, 0.29) is 41.3 Å². The first-order chi connectivity index (χ1) is 13.6. The van der Waals surface area contributed by atoms with E-state index >= 15 is 0 Å². The third-order valence-corrected chi connectivity index (χ3v) is 10.3. The lowest BCUT2D eigenvalue weighted by Crippen LogP contribution is -2.62. The van der Waals surface area contributed by atoms with Gasteiger partial charge in [0.2, 0.25) is 0 Å². The van der Waals surface area contributed by atoms with Gasteiger partial charge in [-0.2, -0.15) is 0 Å². The lowest BCUT2D eigenvalue weighted by atomic mass is 9.43. The monoisotopic (exact) mass is 408 g/mol. The van der Waals surface area contributed by atoms with E-state index in [1.165, 1.54) is 0 Å². The summed E-state index contributed by atoms with van der Waals surface area (Å²) in [6.45, 7) is 6.72. The van der Waals surface area contributed by atoms with Gasteiger partial charge in [-0.25, -0.2) is 0 Å². The summed E-state index contributed by atoms with van der Waals surface area (Å²) in [7, 11) is 0. The number of hydrogen-bond acceptors (Lipinski definition) is 4. The second-order valence-electron chi connectivity index (χ2n) is 11.4. The van der Waals surface area contributed by atoms with E-state index in [4.69, 9.17) is 5.11 Å². The van der Waals surface area contributed by atoms with E-state index in [1.54, 1.807) is 0 Å². The van der Waals surface area contributed by atoms with Gasteiger partial charge in [0, 0.05) is 6.42 Å². The second-order valence-corrected chi connectivity index (χ2v) is 11.4. The fraction of sp³-hybridized carbons (Fsp3) is 0.958. The number of carbonyl (C=O) groups is 1. The molecule has 11 atom stereocenters. The van der Waals surface area contributed by atoms with Gasteiger partial charge in [-0.1, -0.05) is 20.8 Å². The fourth-order valence-corrected chi connectivity index (χ4v) is 8.68. The Kier molecular flexibility index (Phi) is 5.57. The molecule has 5 heteroatoms. The lowest BCUT2D eigenvalue weighted by Gasteiger charge is -2.63. The molecule has 4 saturated carbocycles. The van der Waals surface area contributed by atoms with Gasteiger partial charge in [0.05, 0.1) is 18.3 Å². The molecule has 0 amide bonds. The highest BCUT2D eigenvalue weighted by molar-refractivity contribution is 5.66. The summed E-state index contributed by atoms with van der Waals surface area (Å²) >= 11 is 0. The minimum Gasteiger partial charge on any atom is -0.481 e. The Balaban J connectivity index is 1.61. The first-order valence-electron chi connectivity index (χ1n) is 11.8. The topological polar surface area (TPSA) is 98.0 Å². The van der Waals surface area contributed by atoms with Crippen molar-refractivity contribution in [2.24, 2.45) is 46.3 Å². The van der Waals surface area contributed by atoms with Gasteiger partial charge in [0.25, 0.3) is 0 Å². The maximum atomic E-state index is 11.5. The van der Waals surface area contributed by atoms with Crippen LogP contribution in [0.25, 0.3) is 0 Å². The van der Waals surface area contributed by atoms with Crippen molar-refractivity contribution in [1.82, 2.24) is 0 Å². The Hall–Kier alpha value is -0.650. The SMILES string of the molecule is C[C@H](CCC(=O)O)C1CC[C@H]2[C@@H]3C(CC(O)C12C)C1(C)CC[C@@H](O)C[C@H]1C[C@@H]3O. The standard InChI is InChI=1S/C24H40O5/c1-13(4-7-21(28)29)16-5-6-17-22-18(12-20(27)24(16,17)3)23(2)9-8-15(25)10-14(23)11-19(22)26/h13-20,22,25-27H,4-12H2,1-3H3,(H,28,29)/t13-,14+,15-,16?,17+,18?,19+,20?,22-,23?,24?/m1/s1. The van der Waals surface area contributed by atoms with Gasteiger partial charge in [0.15, 0.2) is 0 Å². The van der Waals surface area contributed by atoms with E-state index < -0.39 is 12.1 Å². The van der Waals surface area contributed by atoms with Crippen LogP contribution in [0.3, 0.4) is 0 Å². The Labute approximate surface area is 174 Å². The summed E-state index contributed by atoms with van der Waals surface area (Å²) in [5.74, 6) is 0.997. The zero-order chi connectivity index (χ0) is 21.1. The fourth-order valence-electron chi connectivity index (χ4n) is 8.68. The predicted molar refractivity (Wildman–Crippen MR) is 110 cm³/mol. The molecule has 166 valence electrons. The molecule has 0 heterocycles. The van der Waals surface area contributed by atoms with Crippen molar-refractivity contribution in [2.45, 2.75) is 96.9 Å². The van der Waals surface area contributed by atoms with Crippen molar-refractivity contribution in [3.05, 3.63) is 0 Å². The van der Waals surface area contributed by atoms with E-state index in [0.717, 1.165) is 44.9 Å². The smallest absolute Gasteiger partial charge is 0.303 e. The first-order valence-corrected chi connectivity index (χ1v) is 11.8. The highest BCUT2D eigenvalue weighted by atomic mass is 16.4. The summed E-state index contributed by atoms with van der Waals surface area (Å²) in [6.07, 6.45) is 6.00. The quantitative estimate of drug-likeness (QED) is 0.571. The van der Waals surface area contributed by atoms with Crippen molar-refractivity contribution < 1.29 is 25.2 Å². The zero-order valence-corrected chi connectivity index (χ0v) is 18.3. The number of aliphatic hydroxyl groups is 3. The van der Waals surface area contributed by atoms with Gasteiger partial charge in [-0.15, -0.1) is 0 Å². The number of carboxylic acids is 1. The normalized spacial score (nSPS) is 52.9. The Bertz CT molecular complexity index is 637. The molecular weight excluding hydrogens is 368 g/mol. The molecule has 4 N–H and O–H groups in total. The summed E-state index contributed by atoms with van der Waals surface area (Å²) in [6, 6.07) is 0. The predicted octanol–water partition coefficient (Wildman–Crippen LogP) is 3.45. The number of fused-ring (bicyclic) bond motifs is 5. The lowest BCUT2D eigenvalue weighted by molar-refractivity contribution is -0.207. The summed E-state index contributed by atoms with van der Waals surface area (Å²) in [5, 5.41) is 42.0. The van der Waals surface area contributed by atoms with E-state index in [1.807, 2.05) is 0 Å². The highest BCUT2D eigenvalue weighted by Gasteiger charge is 2.65. The molecule has 29 heavy (non-hydrogen) atoms. The molecule has 4 fully saturated rings. The minimum absolute atomic E-state index is 0.0957. The molecule has 0 radical (unpaired) electrons. The molecule has 4 aliphatic carbocycles. The number of aliphatic carboxylic acids is 1. The molecule has 0 aromatic rings. The van der Waals surface area contributed by atoms with E-state index in [9.17, 15) is 20.1 Å². The first kappa shape index (κ1) is 21.6. The Morgan fingerprint density at radius 3 is 2.45 bits per heavy atom. The van der Waals surface area contributed by atoms with Gasteiger partial charge in [0.1, 0.15) is 0 Å². The molecule has 0 aliphatic heterocycles. The van der Waals surface area contributed by atoms with Crippen molar-refractivity contribution in [3.8, 4) is 0 Å². The van der Waals surface area contributed by atoms with Crippen LogP contribution in [0.4, 0.5) is 0 Å². The third kappa shape index (κ3) is 3.27. The van der Waals surface area contributed by atoms with Gasteiger partial charge in [-0.3, -0.25) is 4.79 Å². The summed E-state index contributed by atoms with van der Waals surface area (Å²) < 4.78 is 0. The largest absolute Gasteiger partial charge is 0.481 e. The van der Waals surface area contributed by atoms with Crippen LogP contribution in [0.2, 0.25) is 0 Å². The van der Waals surface area contributed by atoms with Crippen LogP contribution < -0.4 is 0 Å². The molecule has 4 aliphatic rings. The molecule has 0 saturated heterocycles. The third-order valence-electron chi connectivity index (χ3n) is 10.3. The zero-order valence-electron chi connectivity index (χ0n) is 18.3. The molecule has 0 bridgehead atoms. The highest BCUT2D eigenvalue weighted by Crippen LogP contribution is 2.68. The maximum absolute atomic E-state index is 11.5. The number of rotatable bonds is 4. The van der Waals surface area contributed by atoms with Gasteiger partial charge < -0.3 is 20.4 Å². The van der Waals surface area contributed by atoms with Crippen LogP contribution in [0.5, 0.6) is 0 Å². The van der Waals surface area contributed by atoms with Crippen LogP contribution in [-0.4, -0.2) is 44.7 Å². The van der Waals surface area contributed by atoms with Gasteiger partial charge in [-0.05, 0) is 97.7 Å². The molecule has 5 unspecified atom stereocenters. The Morgan fingerprint density at radius 1 is 1.03 bits per heavy atom. The van der Waals surface area contributed by atoms with Crippen molar-refractivity contribution in [3.63, 3.8) is 0 Å². The van der Waals surface area contributed by atoms with Crippen molar-refractivity contribution in [1.29, 1.82) is 0 Å². The number of carboxylic acid groups (broad SMARTS) is 1. The van der Waals surface area contributed by atoms with Gasteiger partial charge >= 0.3 is 5.97 Å². The van der Waals surface area contributed by atoms with Crippen LogP contribution in [-0.2, 0) is 4.79 Å². The molecule has 0 aromatic heterocycles. The second kappa shape index (κ2) is 7.49. The van der Waals surface area contributed by atoms with E-state index in [0.29, 0.717) is 30.1 Å². The van der Waals surface area contributed by atoms with Crippen LogP contribution >= 0.6 is 0 Å². The van der Waals surface area contributed by atoms with Crippen LogP contribution in [0.1, 0.15) is 78.6 Å². The molecule has 0 spiro atoms. The molecule has 5 nitrogen and oxygen atoms in total. The molecule has 0 aromatic carbocycles. The van der Waals surface area contributed by atoms with Crippen LogP contribution in [0, 0.1) is 46.3 Å². The molecule has 4 rings (SSSR count). The number of hydrogen-bond donors (Lipinski definition) is 4. The summed E-state index contributed by atoms with van der Waals surface area (Å²) in [5.41, 5.74) is -0.143. The summed E-state index contributed by atoms with van der Waals surface area (Å²) in [4.78, 5) is 11.1. The molecular formula is C24H40O5. The maximum Gasteiger partial charge on any atom is 0.303 e. The van der Waals surface area contributed by atoms with Crippen LogP contribution in [0.15, 0.2) is 0 Å². The average molecular weight is 409 g/mol. The van der Waals surface area contributed by atoms with Crippen molar-refractivity contribution >= 4 is 5.97 Å². The Morgan fingerprint density at radius 2 is 1.76 bits per heavy atom. The number of aliphatic hydroxyl groups excluding tert-OH is 3. The van der Waals surface area contributed by atoms with E-state index in [2.05, 4.69) is 20.8 Å². The average Bonchev–Trinajstić information content (AvgIpc) is 3.01. The van der Waals surface area contributed by atoms with Crippen molar-refractivity contribution in [2.75, 3.05) is 0 Å².